The van der Waals surface area contributed by atoms with Gasteiger partial charge in [0.05, 0.1) is 0 Å². The van der Waals surface area contributed by atoms with Crippen molar-refractivity contribution in [1.82, 2.24) is 0 Å². The van der Waals surface area contributed by atoms with Gasteiger partial charge in [-0.15, -0.1) is 0 Å². The fourth-order valence-electron chi connectivity index (χ4n) is 0.973. The molecule has 0 nitrogen and oxygen atoms in total. The molecule has 0 saturated heterocycles. The number of rotatable bonds is 4. The fourth-order valence-corrected chi connectivity index (χ4v) is 0.973. The molecule has 11 heavy (non-hydrogen) atoms. The zero-order valence-corrected chi connectivity index (χ0v) is 7.85. The van der Waals surface area contributed by atoms with Crippen LogP contribution in [0.3, 0.4) is 0 Å². The van der Waals surface area contributed by atoms with Crippen molar-refractivity contribution < 1.29 is 0 Å². The van der Waals surface area contributed by atoms with Crippen LogP contribution < -0.4 is 0 Å². The summed E-state index contributed by atoms with van der Waals surface area (Å²) in [5.74, 6) is 0. The molecule has 0 radical (unpaired) electrons. The van der Waals surface area contributed by atoms with Gasteiger partial charge in [-0.2, -0.15) is 0 Å². The largest absolute Gasteiger partial charge is 0.0991 e. The van der Waals surface area contributed by atoms with Gasteiger partial charge in [-0.1, -0.05) is 44.2 Å². The second-order valence-electron chi connectivity index (χ2n) is 2.61. The first-order chi connectivity index (χ1) is 5.26. The molecule has 62 valence electrons. The smallest absolute Gasteiger partial charge is 0.0308 e. The lowest BCUT2D eigenvalue weighted by Crippen LogP contribution is -1.81. The third-order valence-corrected chi connectivity index (χ3v) is 1.89. The maximum Gasteiger partial charge on any atom is -0.0308 e. The third kappa shape index (κ3) is 3.82. The van der Waals surface area contributed by atoms with Crippen LogP contribution in [0.15, 0.2) is 36.0 Å². The summed E-state index contributed by atoms with van der Waals surface area (Å²) in [6, 6.07) is 0. The van der Waals surface area contributed by atoms with Crippen LogP contribution in [0.5, 0.6) is 0 Å². The van der Waals surface area contributed by atoms with Gasteiger partial charge in [0.15, 0.2) is 0 Å². The molecule has 0 aromatic heterocycles. The predicted molar refractivity (Wildman–Crippen MR) is 52.6 cm³/mol. The SMILES string of the molecule is C=C/C=C\C(CC)=C(/C)CC. The molecule has 0 heterocycles. The van der Waals surface area contributed by atoms with E-state index in [1.54, 1.807) is 0 Å². The number of hydrogen-bond donors (Lipinski definition) is 0. The molecule has 0 bridgehead atoms. The Labute approximate surface area is 70.3 Å². The maximum absolute atomic E-state index is 3.64. The van der Waals surface area contributed by atoms with E-state index in [0.29, 0.717) is 0 Å². The van der Waals surface area contributed by atoms with Crippen molar-refractivity contribution in [1.29, 1.82) is 0 Å². The van der Waals surface area contributed by atoms with Crippen LogP contribution in [0.4, 0.5) is 0 Å². The molecule has 0 aromatic rings. The first-order valence-corrected chi connectivity index (χ1v) is 4.23. The van der Waals surface area contributed by atoms with Crippen LogP contribution in [-0.2, 0) is 0 Å². The lowest BCUT2D eigenvalue weighted by molar-refractivity contribution is 1.02. The maximum atomic E-state index is 3.64. The highest BCUT2D eigenvalue weighted by molar-refractivity contribution is 5.26. The van der Waals surface area contributed by atoms with Gasteiger partial charge in [0, 0.05) is 0 Å². The summed E-state index contributed by atoms with van der Waals surface area (Å²) in [5.41, 5.74) is 2.91. The second kappa shape index (κ2) is 5.96. The summed E-state index contributed by atoms with van der Waals surface area (Å²) in [5, 5.41) is 0. The summed E-state index contributed by atoms with van der Waals surface area (Å²) < 4.78 is 0. The van der Waals surface area contributed by atoms with E-state index in [9.17, 15) is 0 Å². The monoisotopic (exact) mass is 150 g/mol. The summed E-state index contributed by atoms with van der Waals surface area (Å²) in [6.07, 6.45) is 8.22. The molecular weight excluding hydrogens is 132 g/mol. The zero-order valence-electron chi connectivity index (χ0n) is 7.85. The minimum atomic E-state index is 1.12. The minimum absolute atomic E-state index is 1.12. The van der Waals surface area contributed by atoms with E-state index in [1.807, 2.05) is 12.2 Å². The third-order valence-electron chi connectivity index (χ3n) is 1.89. The normalized spacial score (nSPS) is 13.4. The molecule has 0 N–H and O–H groups in total. The van der Waals surface area contributed by atoms with E-state index >= 15 is 0 Å². The van der Waals surface area contributed by atoms with Gasteiger partial charge in [0.2, 0.25) is 0 Å². The van der Waals surface area contributed by atoms with Gasteiger partial charge in [-0.05, 0) is 25.3 Å². The molecule has 0 aliphatic carbocycles. The van der Waals surface area contributed by atoms with Crippen molar-refractivity contribution >= 4 is 0 Å². The summed E-state index contributed by atoms with van der Waals surface area (Å²) in [6.45, 7) is 10.2. The second-order valence-corrected chi connectivity index (χ2v) is 2.61. The molecule has 0 heteroatoms. The van der Waals surface area contributed by atoms with Gasteiger partial charge in [-0.3, -0.25) is 0 Å². The van der Waals surface area contributed by atoms with Crippen LogP contribution in [0.2, 0.25) is 0 Å². The van der Waals surface area contributed by atoms with Crippen molar-refractivity contribution in [3.63, 3.8) is 0 Å². The minimum Gasteiger partial charge on any atom is -0.0991 e. The fraction of sp³-hybridized carbons (Fsp3) is 0.455. The van der Waals surface area contributed by atoms with Crippen LogP contribution >= 0.6 is 0 Å². The van der Waals surface area contributed by atoms with E-state index in [2.05, 4.69) is 33.4 Å². The molecule has 0 saturated carbocycles. The van der Waals surface area contributed by atoms with E-state index < -0.39 is 0 Å². The highest BCUT2D eigenvalue weighted by Crippen LogP contribution is 2.12. The quantitative estimate of drug-likeness (QED) is 0.534. The Hall–Kier alpha value is -0.780. The van der Waals surface area contributed by atoms with Crippen molar-refractivity contribution in [2.75, 3.05) is 0 Å². The standard InChI is InChI=1S/C11H18/c1-5-8-9-11(7-3)10(4)6-2/h5,8-9H,1,6-7H2,2-4H3/b9-8-,11-10+. The van der Waals surface area contributed by atoms with Gasteiger partial charge < -0.3 is 0 Å². The molecule has 0 rings (SSSR count). The Morgan fingerprint density at radius 2 is 1.91 bits per heavy atom. The first-order valence-electron chi connectivity index (χ1n) is 4.23. The first kappa shape index (κ1) is 10.2. The molecule has 0 atom stereocenters. The van der Waals surface area contributed by atoms with Crippen molar-refractivity contribution in [3.05, 3.63) is 36.0 Å². The molecule has 0 amide bonds. The van der Waals surface area contributed by atoms with Gasteiger partial charge >= 0.3 is 0 Å². The predicted octanol–water partition coefficient (Wildman–Crippen LogP) is 3.87. The lowest BCUT2D eigenvalue weighted by atomic mass is 10.0. The molecule has 0 aliphatic rings. The van der Waals surface area contributed by atoms with E-state index in [0.717, 1.165) is 12.8 Å². The summed E-state index contributed by atoms with van der Waals surface area (Å²) >= 11 is 0. The van der Waals surface area contributed by atoms with E-state index in [-0.39, 0.29) is 0 Å². The van der Waals surface area contributed by atoms with Gasteiger partial charge in [0.1, 0.15) is 0 Å². The lowest BCUT2D eigenvalue weighted by Gasteiger charge is -2.02. The highest BCUT2D eigenvalue weighted by atomic mass is 14.0. The van der Waals surface area contributed by atoms with Crippen molar-refractivity contribution in [2.45, 2.75) is 33.6 Å². The molecular formula is C11H18. The average Bonchev–Trinajstić information content (AvgIpc) is 2.05. The molecule has 0 aromatic carbocycles. The molecule has 0 fully saturated rings. The molecule has 0 aliphatic heterocycles. The van der Waals surface area contributed by atoms with E-state index in [1.165, 1.54) is 11.1 Å². The Morgan fingerprint density at radius 3 is 2.27 bits per heavy atom. The Balaban J connectivity index is 4.37. The summed E-state index contributed by atoms with van der Waals surface area (Å²) in [7, 11) is 0. The van der Waals surface area contributed by atoms with Gasteiger partial charge in [0.25, 0.3) is 0 Å². The molecule has 0 unspecified atom stereocenters. The van der Waals surface area contributed by atoms with Gasteiger partial charge in [-0.25, -0.2) is 0 Å². The Morgan fingerprint density at radius 1 is 1.27 bits per heavy atom. The number of hydrogen-bond acceptors (Lipinski definition) is 0. The number of allylic oxidation sites excluding steroid dienone is 5. The van der Waals surface area contributed by atoms with Crippen LogP contribution in [0.1, 0.15) is 33.6 Å². The van der Waals surface area contributed by atoms with Crippen molar-refractivity contribution in [2.24, 2.45) is 0 Å². The van der Waals surface area contributed by atoms with Crippen LogP contribution in [0, 0.1) is 0 Å². The van der Waals surface area contributed by atoms with Crippen LogP contribution in [-0.4, -0.2) is 0 Å². The molecule has 0 spiro atoms. The topological polar surface area (TPSA) is 0 Å². The van der Waals surface area contributed by atoms with Crippen molar-refractivity contribution in [3.8, 4) is 0 Å². The Kier molecular flexibility index (Phi) is 5.54. The Bertz CT molecular complexity index is 170. The average molecular weight is 150 g/mol. The van der Waals surface area contributed by atoms with Crippen LogP contribution in [0.25, 0.3) is 0 Å². The van der Waals surface area contributed by atoms with E-state index in [4.69, 9.17) is 0 Å². The zero-order chi connectivity index (χ0) is 8.69. The highest BCUT2D eigenvalue weighted by Gasteiger charge is 1.92. The summed E-state index contributed by atoms with van der Waals surface area (Å²) in [4.78, 5) is 0.